The molecular weight excluding hydrogens is 298 g/mol. The SMILES string of the molecule is CC(C)(C)C1Oc2c(Br)cccc2[C@@H]1OC(N)=O. The lowest BCUT2D eigenvalue weighted by Crippen LogP contribution is -2.36. The number of para-hydroxylation sites is 1. The zero-order valence-corrected chi connectivity index (χ0v) is 12.2. The van der Waals surface area contributed by atoms with Gasteiger partial charge in [-0.15, -0.1) is 0 Å². The monoisotopic (exact) mass is 313 g/mol. The van der Waals surface area contributed by atoms with Crippen LogP contribution in [0.2, 0.25) is 0 Å². The Morgan fingerprint density at radius 1 is 1.44 bits per heavy atom. The van der Waals surface area contributed by atoms with Crippen molar-refractivity contribution in [2.75, 3.05) is 0 Å². The fourth-order valence-electron chi connectivity index (χ4n) is 2.11. The van der Waals surface area contributed by atoms with E-state index in [4.69, 9.17) is 15.2 Å². The van der Waals surface area contributed by atoms with E-state index >= 15 is 0 Å². The van der Waals surface area contributed by atoms with E-state index in [2.05, 4.69) is 15.9 Å². The molecule has 2 atom stereocenters. The average molecular weight is 314 g/mol. The van der Waals surface area contributed by atoms with Gasteiger partial charge in [-0.3, -0.25) is 0 Å². The van der Waals surface area contributed by atoms with Crippen molar-refractivity contribution >= 4 is 22.0 Å². The molecule has 1 aromatic rings. The highest BCUT2D eigenvalue weighted by atomic mass is 79.9. The molecule has 18 heavy (non-hydrogen) atoms. The van der Waals surface area contributed by atoms with E-state index in [9.17, 15) is 4.79 Å². The molecule has 1 aliphatic rings. The first kappa shape index (κ1) is 13.2. The Morgan fingerprint density at radius 2 is 2.11 bits per heavy atom. The van der Waals surface area contributed by atoms with Gasteiger partial charge in [-0.05, 0) is 22.0 Å². The van der Waals surface area contributed by atoms with Gasteiger partial charge < -0.3 is 15.2 Å². The number of benzene rings is 1. The predicted molar refractivity (Wildman–Crippen MR) is 71.4 cm³/mol. The minimum Gasteiger partial charge on any atom is -0.484 e. The van der Waals surface area contributed by atoms with E-state index in [1.807, 2.05) is 39.0 Å². The molecular formula is C13H16BrNO3. The lowest BCUT2D eigenvalue weighted by Gasteiger charge is -2.30. The minimum absolute atomic E-state index is 0.168. The van der Waals surface area contributed by atoms with Crippen molar-refractivity contribution in [1.29, 1.82) is 0 Å². The van der Waals surface area contributed by atoms with Crippen molar-refractivity contribution in [1.82, 2.24) is 0 Å². The van der Waals surface area contributed by atoms with Gasteiger partial charge in [0.25, 0.3) is 0 Å². The topological polar surface area (TPSA) is 61.6 Å². The summed E-state index contributed by atoms with van der Waals surface area (Å²) in [7, 11) is 0. The lowest BCUT2D eigenvalue weighted by molar-refractivity contribution is -0.0106. The fourth-order valence-corrected chi connectivity index (χ4v) is 2.58. The summed E-state index contributed by atoms with van der Waals surface area (Å²) in [4.78, 5) is 11.1. The minimum atomic E-state index is -0.786. The molecule has 0 saturated heterocycles. The Bertz CT molecular complexity index is 482. The third kappa shape index (κ3) is 2.32. The van der Waals surface area contributed by atoms with Crippen LogP contribution in [-0.4, -0.2) is 12.2 Å². The second kappa shape index (κ2) is 4.46. The highest BCUT2D eigenvalue weighted by molar-refractivity contribution is 9.10. The molecule has 0 saturated carbocycles. The van der Waals surface area contributed by atoms with Gasteiger partial charge in [-0.1, -0.05) is 32.9 Å². The summed E-state index contributed by atoms with van der Waals surface area (Å²) in [5.74, 6) is 0.726. The van der Waals surface area contributed by atoms with Crippen LogP contribution in [0.1, 0.15) is 32.4 Å². The third-order valence-electron chi connectivity index (χ3n) is 2.92. The highest BCUT2D eigenvalue weighted by Gasteiger charge is 2.44. The van der Waals surface area contributed by atoms with E-state index in [1.54, 1.807) is 0 Å². The molecule has 0 spiro atoms. The van der Waals surface area contributed by atoms with Gasteiger partial charge in [-0.2, -0.15) is 0 Å². The normalized spacial score (nSPS) is 22.2. The lowest BCUT2D eigenvalue weighted by atomic mass is 9.85. The second-order valence-corrected chi connectivity index (χ2v) is 6.27. The van der Waals surface area contributed by atoms with Crippen LogP contribution < -0.4 is 10.5 Å². The number of hydrogen-bond acceptors (Lipinski definition) is 3. The first-order chi connectivity index (χ1) is 8.30. The Hall–Kier alpha value is -1.23. The van der Waals surface area contributed by atoms with Gasteiger partial charge in [0.2, 0.25) is 0 Å². The number of rotatable bonds is 1. The molecule has 2 rings (SSSR count). The Morgan fingerprint density at radius 3 is 2.67 bits per heavy atom. The number of primary amides is 1. The quantitative estimate of drug-likeness (QED) is 0.864. The average Bonchev–Trinajstić information content (AvgIpc) is 2.57. The van der Waals surface area contributed by atoms with Gasteiger partial charge in [0.05, 0.1) is 4.47 Å². The number of carbonyl (C=O) groups is 1. The predicted octanol–water partition coefficient (Wildman–Crippen LogP) is 3.39. The maximum Gasteiger partial charge on any atom is 0.405 e. The van der Waals surface area contributed by atoms with Crippen LogP contribution in [0, 0.1) is 5.41 Å². The molecule has 1 unspecified atom stereocenters. The standard InChI is InChI=1S/C13H16BrNO3/c1-13(2,3)11-10(18-12(15)16)7-5-4-6-8(14)9(7)17-11/h4-6,10-11H,1-3H3,(H2,15,16)/t10-,11?/m0/s1. The molecule has 1 aromatic carbocycles. The molecule has 0 aliphatic carbocycles. The molecule has 5 heteroatoms. The number of ether oxygens (including phenoxy) is 2. The summed E-state index contributed by atoms with van der Waals surface area (Å²) in [6, 6.07) is 5.67. The van der Waals surface area contributed by atoms with Crippen molar-refractivity contribution in [3.8, 4) is 5.75 Å². The van der Waals surface area contributed by atoms with E-state index in [0.717, 1.165) is 15.8 Å². The van der Waals surface area contributed by atoms with E-state index in [-0.39, 0.29) is 11.5 Å². The maximum absolute atomic E-state index is 11.1. The summed E-state index contributed by atoms with van der Waals surface area (Å²) in [5.41, 5.74) is 5.83. The zero-order valence-electron chi connectivity index (χ0n) is 10.6. The van der Waals surface area contributed by atoms with Crippen molar-refractivity contribution in [2.45, 2.75) is 33.0 Å². The fraction of sp³-hybridized carbons (Fsp3) is 0.462. The van der Waals surface area contributed by atoms with Crippen LogP contribution in [0.15, 0.2) is 22.7 Å². The van der Waals surface area contributed by atoms with Crippen LogP contribution in [0.3, 0.4) is 0 Å². The highest BCUT2D eigenvalue weighted by Crippen LogP contribution is 2.48. The van der Waals surface area contributed by atoms with Gasteiger partial charge in [0, 0.05) is 11.0 Å². The van der Waals surface area contributed by atoms with Gasteiger partial charge in [0.1, 0.15) is 11.9 Å². The molecule has 4 nitrogen and oxygen atoms in total. The summed E-state index contributed by atoms with van der Waals surface area (Å²) < 4.78 is 12.0. The van der Waals surface area contributed by atoms with Gasteiger partial charge in [-0.25, -0.2) is 4.79 Å². The maximum atomic E-state index is 11.1. The molecule has 1 heterocycles. The van der Waals surface area contributed by atoms with Crippen LogP contribution in [0.5, 0.6) is 5.75 Å². The smallest absolute Gasteiger partial charge is 0.405 e. The molecule has 98 valence electrons. The number of carbonyl (C=O) groups excluding carboxylic acids is 1. The summed E-state index contributed by atoms with van der Waals surface area (Å²) in [5, 5.41) is 0. The molecule has 0 bridgehead atoms. The summed E-state index contributed by atoms with van der Waals surface area (Å²) in [6.07, 6.45) is -1.50. The zero-order chi connectivity index (χ0) is 13.5. The number of nitrogens with two attached hydrogens (primary N) is 1. The molecule has 1 amide bonds. The largest absolute Gasteiger partial charge is 0.484 e. The number of fused-ring (bicyclic) bond motifs is 1. The van der Waals surface area contributed by atoms with E-state index < -0.39 is 12.2 Å². The van der Waals surface area contributed by atoms with Crippen LogP contribution >= 0.6 is 15.9 Å². The van der Waals surface area contributed by atoms with Crippen LogP contribution in [0.4, 0.5) is 4.79 Å². The molecule has 1 aliphatic heterocycles. The van der Waals surface area contributed by atoms with E-state index in [1.165, 1.54) is 0 Å². The summed E-state index contributed by atoms with van der Waals surface area (Å²) >= 11 is 3.44. The molecule has 0 radical (unpaired) electrons. The molecule has 2 N–H and O–H groups in total. The van der Waals surface area contributed by atoms with Gasteiger partial charge >= 0.3 is 6.09 Å². The number of amides is 1. The Balaban J connectivity index is 2.44. The number of hydrogen-bond donors (Lipinski definition) is 1. The first-order valence-corrected chi connectivity index (χ1v) is 6.51. The third-order valence-corrected chi connectivity index (χ3v) is 3.54. The van der Waals surface area contributed by atoms with Crippen LogP contribution in [-0.2, 0) is 4.74 Å². The Kier molecular flexibility index (Phi) is 3.27. The second-order valence-electron chi connectivity index (χ2n) is 5.42. The van der Waals surface area contributed by atoms with E-state index in [0.29, 0.717) is 0 Å². The van der Waals surface area contributed by atoms with Crippen LogP contribution in [0.25, 0.3) is 0 Å². The van der Waals surface area contributed by atoms with Crippen molar-refractivity contribution < 1.29 is 14.3 Å². The molecule has 0 aromatic heterocycles. The van der Waals surface area contributed by atoms with Crippen molar-refractivity contribution in [2.24, 2.45) is 11.1 Å². The van der Waals surface area contributed by atoms with Crippen molar-refractivity contribution in [3.63, 3.8) is 0 Å². The summed E-state index contributed by atoms with van der Waals surface area (Å²) in [6.45, 7) is 6.11. The Labute approximate surface area is 115 Å². The first-order valence-electron chi connectivity index (χ1n) is 5.72. The van der Waals surface area contributed by atoms with Crippen molar-refractivity contribution in [3.05, 3.63) is 28.2 Å². The van der Waals surface area contributed by atoms with Gasteiger partial charge in [0.15, 0.2) is 6.10 Å². The number of halogens is 1. The molecule has 0 fully saturated rings.